The van der Waals surface area contributed by atoms with Crippen molar-refractivity contribution in [2.45, 2.75) is 45.6 Å². The van der Waals surface area contributed by atoms with E-state index in [1.165, 1.54) is 0 Å². The highest BCUT2D eigenvalue weighted by Crippen LogP contribution is 2.26. The first-order valence-corrected chi connectivity index (χ1v) is 5.01. The summed E-state index contributed by atoms with van der Waals surface area (Å²) in [6.45, 7) is 5.63. The Morgan fingerprint density at radius 2 is 1.79 bits per heavy atom. The lowest BCUT2D eigenvalue weighted by Crippen LogP contribution is -2.50. The van der Waals surface area contributed by atoms with E-state index in [0.717, 1.165) is 19.3 Å². The van der Waals surface area contributed by atoms with Crippen molar-refractivity contribution in [2.75, 3.05) is 0 Å². The molecule has 3 amide bonds. The van der Waals surface area contributed by atoms with Gasteiger partial charge in [0, 0.05) is 11.5 Å². The summed E-state index contributed by atoms with van der Waals surface area (Å²) >= 11 is 0. The molecule has 0 heterocycles. The molecule has 1 rings (SSSR count). The minimum Gasteiger partial charge on any atom is -0.333 e. The topological polar surface area (TPSA) is 58.2 Å². The highest BCUT2D eigenvalue weighted by atomic mass is 16.2. The van der Waals surface area contributed by atoms with Gasteiger partial charge in [0.15, 0.2) is 0 Å². The molecule has 0 aromatic carbocycles. The molecule has 0 aromatic rings. The fourth-order valence-electron chi connectivity index (χ4n) is 1.26. The maximum absolute atomic E-state index is 11.3. The second-order valence-corrected chi connectivity index (χ2v) is 4.82. The smallest absolute Gasteiger partial charge is 0.321 e. The van der Waals surface area contributed by atoms with Crippen LogP contribution in [-0.4, -0.2) is 17.5 Å². The van der Waals surface area contributed by atoms with Gasteiger partial charge in [0.1, 0.15) is 0 Å². The van der Waals surface area contributed by atoms with Crippen molar-refractivity contribution < 1.29 is 9.59 Å². The third-order valence-corrected chi connectivity index (χ3v) is 2.20. The first-order chi connectivity index (χ1) is 6.38. The van der Waals surface area contributed by atoms with Crippen LogP contribution >= 0.6 is 0 Å². The molecule has 14 heavy (non-hydrogen) atoms. The van der Waals surface area contributed by atoms with Crippen LogP contribution in [0.15, 0.2) is 0 Å². The second kappa shape index (κ2) is 3.98. The van der Waals surface area contributed by atoms with E-state index in [1.54, 1.807) is 0 Å². The summed E-state index contributed by atoms with van der Waals surface area (Å²) in [4.78, 5) is 22.6. The van der Waals surface area contributed by atoms with Crippen LogP contribution < -0.4 is 10.6 Å². The number of hydrogen-bond acceptors (Lipinski definition) is 2. The monoisotopic (exact) mass is 198 g/mol. The molecule has 0 bridgehead atoms. The highest BCUT2D eigenvalue weighted by molar-refractivity contribution is 5.95. The predicted octanol–water partition coefficient (Wildman–Crippen LogP) is 1.41. The summed E-state index contributed by atoms with van der Waals surface area (Å²) in [6, 6.07) is -0.394. The number of carbonyl (C=O) groups is 2. The maximum Gasteiger partial charge on any atom is 0.321 e. The van der Waals surface area contributed by atoms with Crippen molar-refractivity contribution in [3.8, 4) is 0 Å². The Hall–Kier alpha value is -1.06. The van der Waals surface area contributed by atoms with Crippen LogP contribution in [0, 0.1) is 5.92 Å². The standard InChI is InChI=1S/C10H18N2O2/c1-10(2,3)12-9(14)11-8(13)7-5-4-6-7/h7H,4-6H2,1-3H3,(H2,11,12,13,14). The van der Waals surface area contributed by atoms with Gasteiger partial charge in [-0.15, -0.1) is 0 Å². The Bertz CT molecular complexity index is 239. The van der Waals surface area contributed by atoms with Gasteiger partial charge in [0.2, 0.25) is 5.91 Å². The fraction of sp³-hybridized carbons (Fsp3) is 0.800. The highest BCUT2D eigenvalue weighted by Gasteiger charge is 2.27. The molecule has 80 valence electrons. The number of hydrogen-bond donors (Lipinski definition) is 2. The van der Waals surface area contributed by atoms with Gasteiger partial charge in [-0.2, -0.15) is 0 Å². The average molecular weight is 198 g/mol. The lowest BCUT2D eigenvalue weighted by molar-refractivity contribution is -0.126. The molecule has 0 atom stereocenters. The van der Waals surface area contributed by atoms with Crippen LogP contribution in [-0.2, 0) is 4.79 Å². The number of imide groups is 1. The van der Waals surface area contributed by atoms with E-state index in [0.29, 0.717) is 0 Å². The van der Waals surface area contributed by atoms with Crippen molar-refractivity contribution in [1.82, 2.24) is 10.6 Å². The largest absolute Gasteiger partial charge is 0.333 e. The van der Waals surface area contributed by atoms with Crippen LogP contribution in [0.1, 0.15) is 40.0 Å². The van der Waals surface area contributed by atoms with Gasteiger partial charge in [-0.3, -0.25) is 10.1 Å². The molecule has 0 saturated heterocycles. The molecular weight excluding hydrogens is 180 g/mol. The third kappa shape index (κ3) is 3.36. The second-order valence-electron chi connectivity index (χ2n) is 4.82. The number of carbonyl (C=O) groups excluding carboxylic acids is 2. The summed E-state index contributed by atoms with van der Waals surface area (Å²) < 4.78 is 0. The average Bonchev–Trinajstić information content (AvgIpc) is 1.75. The SMILES string of the molecule is CC(C)(C)NC(=O)NC(=O)C1CCC1. The Labute approximate surface area is 84.4 Å². The molecule has 4 heteroatoms. The van der Waals surface area contributed by atoms with Gasteiger partial charge in [-0.25, -0.2) is 4.79 Å². The Balaban J connectivity index is 2.29. The molecule has 0 unspecified atom stereocenters. The molecule has 1 aliphatic carbocycles. The zero-order valence-electron chi connectivity index (χ0n) is 9.02. The van der Waals surface area contributed by atoms with Crippen LogP contribution in [0.5, 0.6) is 0 Å². The molecule has 1 fully saturated rings. The normalized spacial score (nSPS) is 17.1. The van der Waals surface area contributed by atoms with Crippen LogP contribution in [0.25, 0.3) is 0 Å². The molecular formula is C10H18N2O2. The Kier molecular flexibility index (Phi) is 3.13. The van der Waals surface area contributed by atoms with Gasteiger partial charge in [-0.1, -0.05) is 6.42 Å². The van der Waals surface area contributed by atoms with Crippen molar-refractivity contribution in [3.05, 3.63) is 0 Å². The van der Waals surface area contributed by atoms with Crippen LogP contribution in [0.4, 0.5) is 4.79 Å². The van der Waals surface area contributed by atoms with E-state index in [-0.39, 0.29) is 17.4 Å². The number of nitrogens with one attached hydrogen (secondary N) is 2. The molecule has 0 aromatic heterocycles. The number of urea groups is 1. The number of amides is 3. The van der Waals surface area contributed by atoms with Gasteiger partial charge >= 0.3 is 6.03 Å². The Morgan fingerprint density at radius 1 is 1.21 bits per heavy atom. The first kappa shape index (κ1) is 11.0. The van der Waals surface area contributed by atoms with E-state index < -0.39 is 6.03 Å². The summed E-state index contributed by atoms with van der Waals surface area (Å²) in [6.07, 6.45) is 2.92. The van der Waals surface area contributed by atoms with Gasteiger partial charge in [-0.05, 0) is 33.6 Å². The van der Waals surface area contributed by atoms with E-state index in [9.17, 15) is 9.59 Å². The van der Waals surface area contributed by atoms with Crippen molar-refractivity contribution >= 4 is 11.9 Å². The fourth-order valence-corrected chi connectivity index (χ4v) is 1.26. The summed E-state index contributed by atoms with van der Waals surface area (Å²) in [5, 5.41) is 5.03. The molecule has 1 saturated carbocycles. The van der Waals surface area contributed by atoms with Crippen LogP contribution in [0.3, 0.4) is 0 Å². The molecule has 2 N–H and O–H groups in total. The lowest BCUT2D eigenvalue weighted by Gasteiger charge is -2.25. The first-order valence-electron chi connectivity index (χ1n) is 5.01. The van der Waals surface area contributed by atoms with Crippen molar-refractivity contribution in [2.24, 2.45) is 5.92 Å². The van der Waals surface area contributed by atoms with Gasteiger partial charge in [0.25, 0.3) is 0 Å². The van der Waals surface area contributed by atoms with E-state index in [2.05, 4.69) is 10.6 Å². The zero-order valence-corrected chi connectivity index (χ0v) is 9.02. The summed E-state index contributed by atoms with van der Waals surface area (Å²) in [7, 11) is 0. The van der Waals surface area contributed by atoms with E-state index in [4.69, 9.17) is 0 Å². The summed E-state index contributed by atoms with van der Waals surface area (Å²) in [5.41, 5.74) is -0.302. The Morgan fingerprint density at radius 3 is 2.14 bits per heavy atom. The van der Waals surface area contributed by atoms with Crippen molar-refractivity contribution in [3.63, 3.8) is 0 Å². The van der Waals surface area contributed by atoms with Gasteiger partial charge < -0.3 is 5.32 Å². The van der Waals surface area contributed by atoms with Crippen molar-refractivity contribution in [1.29, 1.82) is 0 Å². The molecule has 0 radical (unpaired) electrons. The molecule has 4 nitrogen and oxygen atoms in total. The zero-order chi connectivity index (χ0) is 10.8. The maximum atomic E-state index is 11.3. The minimum atomic E-state index is -0.394. The summed E-state index contributed by atoms with van der Waals surface area (Å²) in [5.74, 6) is -0.0845. The van der Waals surface area contributed by atoms with E-state index in [1.807, 2.05) is 20.8 Å². The molecule has 1 aliphatic rings. The third-order valence-electron chi connectivity index (χ3n) is 2.20. The molecule has 0 spiro atoms. The molecule has 0 aliphatic heterocycles. The predicted molar refractivity (Wildman–Crippen MR) is 53.8 cm³/mol. The quantitative estimate of drug-likeness (QED) is 0.669. The van der Waals surface area contributed by atoms with Gasteiger partial charge in [0.05, 0.1) is 0 Å². The lowest BCUT2D eigenvalue weighted by atomic mass is 9.85. The minimum absolute atomic E-state index is 0.0562. The van der Waals surface area contributed by atoms with Crippen LogP contribution in [0.2, 0.25) is 0 Å². The number of rotatable bonds is 1. The van der Waals surface area contributed by atoms with E-state index >= 15 is 0 Å².